The monoisotopic (exact) mass is 244 g/mol. The fourth-order valence-corrected chi connectivity index (χ4v) is 1.39. The van der Waals surface area contributed by atoms with Gasteiger partial charge in [-0.15, -0.1) is 11.6 Å². The number of nitro benzene ring substituents is 1. The lowest BCUT2D eigenvalue weighted by molar-refractivity contribution is -0.384. The first-order valence-corrected chi connectivity index (χ1v) is 4.75. The predicted octanol–water partition coefficient (Wildman–Crippen LogP) is 1.61. The number of alkyl halides is 1. The van der Waals surface area contributed by atoms with E-state index < -0.39 is 10.7 Å². The zero-order valence-electron chi connectivity index (χ0n) is 8.40. The van der Waals surface area contributed by atoms with Crippen molar-refractivity contribution in [2.45, 2.75) is 0 Å². The first-order chi connectivity index (χ1) is 7.51. The third-order valence-corrected chi connectivity index (χ3v) is 2.18. The molecule has 0 aliphatic rings. The molecule has 1 aromatic rings. The fraction of sp³-hybridized carbons (Fsp3) is 0.222. The van der Waals surface area contributed by atoms with Gasteiger partial charge in [0.25, 0.3) is 5.69 Å². The van der Waals surface area contributed by atoms with Crippen molar-refractivity contribution in [1.82, 2.24) is 0 Å². The molecule has 0 bridgehead atoms. The van der Waals surface area contributed by atoms with Gasteiger partial charge in [0.15, 0.2) is 11.5 Å². The third kappa shape index (κ3) is 2.22. The Hall–Kier alpha value is -1.82. The highest BCUT2D eigenvalue weighted by atomic mass is 35.5. The minimum absolute atomic E-state index is 0.0178. The first kappa shape index (κ1) is 12.3. The number of Topliss-reactive ketones (excluding diaryl/α,β-unsaturated/α-hetero) is 1. The van der Waals surface area contributed by atoms with Gasteiger partial charge in [0, 0.05) is 12.1 Å². The number of halogens is 1. The van der Waals surface area contributed by atoms with Crippen LogP contribution in [0.25, 0.3) is 0 Å². The standard InChI is InChI=1S/C9H9ClN2O4/c1-16-9-6(8(13)4-10)2-5(12(14)15)3-7(9)11/h2-3H,4,11H2,1H3. The molecule has 0 aliphatic heterocycles. The summed E-state index contributed by atoms with van der Waals surface area (Å²) in [6, 6.07) is 2.23. The van der Waals surface area contributed by atoms with Gasteiger partial charge in [-0.1, -0.05) is 0 Å². The molecule has 0 saturated heterocycles. The number of ether oxygens (including phenoxy) is 1. The molecule has 0 spiro atoms. The van der Waals surface area contributed by atoms with Crippen molar-refractivity contribution in [3.8, 4) is 5.75 Å². The molecule has 0 amide bonds. The van der Waals surface area contributed by atoms with Crippen LogP contribution in [0, 0.1) is 10.1 Å². The van der Waals surface area contributed by atoms with Gasteiger partial charge in [0.05, 0.1) is 29.2 Å². The summed E-state index contributed by atoms with van der Waals surface area (Å²) in [6.45, 7) is 0. The highest BCUT2D eigenvalue weighted by Gasteiger charge is 2.19. The summed E-state index contributed by atoms with van der Waals surface area (Å²) in [5.41, 5.74) is 5.32. The van der Waals surface area contributed by atoms with Crippen molar-refractivity contribution in [3.05, 3.63) is 27.8 Å². The minimum Gasteiger partial charge on any atom is -0.494 e. The molecule has 0 heterocycles. The van der Waals surface area contributed by atoms with Crippen molar-refractivity contribution in [3.63, 3.8) is 0 Å². The smallest absolute Gasteiger partial charge is 0.272 e. The normalized spacial score (nSPS) is 9.88. The van der Waals surface area contributed by atoms with Crippen molar-refractivity contribution >= 4 is 28.8 Å². The average Bonchev–Trinajstić information content (AvgIpc) is 2.26. The molecule has 0 aliphatic carbocycles. The zero-order valence-corrected chi connectivity index (χ0v) is 9.15. The lowest BCUT2D eigenvalue weighted by Gasteiger charge is -2.08. The van der Waals surface area contributed by atoms with Crippen LogP contribution >= 0.6 is 11.6 Å². The number of methoxy groups -OCH3 is 1. The second-order valence-electron chi connectivity index (χ2n) is 2.93. The number of nitrogen functional groups attached to an aromatic ring is 1. The van der Waals surface area contributed by atoms with Gasteiger partial charge in [-0.2, -0.15) is 0 Å². The average molecular weight is 245 g/mol. The Kier molecular flexibility index (Phi) is 3.68. The van der Waals surface area contributed by atoms with Crippen LogP contribution in [-0.4, -0.2) is 23.7 Å². The molecule has 0 fully saturated rings. The van der Waals surface area contributed by atoms with Gasteiger partial charge in [0.1, 0.15) is 0 Å². The lowest BCUT2D eigenvalue weighted by atomic mass is 10.1. The molecular formula is C9H9ClN2O4. The van der Waals surface area contributed by atoms with E-state index in [4.69, 9.17) is 22.1 Å². The Morgan fingerprint density at radius 1 is 1.62 bits per heavy atom. The summed E-state index contributed by atoms with van der Waals surface area (Å²) in [5, 5.41) is 10.6. The third-order valence-electron chi connectivity index (χ3n) is 1.94. The van der Waals surface area contributed by atoms with E-state index in [1.807, 2.05) is 0 Å². The fourth-order valence-electron chi connectivity index (χ4n) is 1.25. The van der Waals surface area contributed by atoms with E-state index in [0.717, 1.165) is 12.1 Å². The van der Waals surface area contributed by atoms with E-state index in [1.165, 1.54) is 7.11 Å². The Morgan fingerprint density at radius 2 is 2.25 bits per heavy atom. The van der Waals surface area contributed by atoms with E-state index in [0.29, 0.717) is 0 Å². The summed E-state index contributed by atoms with van der Waals surface area (Å²) in [6.07, 6.45) is 0. The molecule has 1 rings (SSSR count). The molecule has 0 radical (unpaired) electrons. The van der Waals surface area contributed by atoms with E-state index >= 15 is 0 Å². The lowest BCUT2D eigenvalue weighted by Crippen LogP contribution is -2.07. The van der Waals surface area contributed by atoms with Crippen molar-refractivity contribution in [2.24, 2.45) is 0 Å². The van der Waals surface area contributed by atoms with Crippen molar-refractivity contribution in [1.29, 1.82) is 0 Å². The van der Waals surface area contributed by atoms with Gasteiger partial charge in [-0.25, -0.2) is 0 Å². The number of carbonyl (C=O) groups excluding carboxylic acids is 1. The first-order valence-electron chi connectivity index (χ1n) is 4.22. The summed E-state index contributed by atoms with van der Waals surface area (Å²) in [7, 11) is 1.32. The number of rotatable bonds is 4. The van der Waals surface area contributed by atoms with Crippen LogP contribution in [0.5, 0.6) is 5.75 Å². The minimum atomic E-state index is -0.638. The maximum absolute atomic E-state index is 11.4. The quantitative estimate of drug-likeness (QED) is 0.285. The van der Waals surface area contributed by atoms with Crippen LogP contribution in [0.2, 0.25) is 0 Å². The van der Waals surface area contributed by atoms with Crippen LogP contribution in [0.15, 0.2) is 12.1 Å². The number of hydrogen-bond donors (Lipinski definition) is 1. The number of carbonyl (C=O) groups is 1. The Bertz CT molecular complexity index is 447. The highest BCUT2D eigenvalue weighted by molar-refractivity contribution is 6.31. The summed E-state index contributed by atoms with van der Waals surface area (Å²) in [4.78, 5) is 21.4. The van der Waals surface area contributed by atoms with E-state index in [1.54, 1.807) is 0 Å². The molecule has 16 heavy (non-hydrogen) atoms. The Labute approximate surface area is 96.1 Å². The highest BCUT2D eigenvalue weighted by Crippen LogP contribution is 2.31. The largest absolute Gasteiger partial charge is 0.494 e. The molecule has 86 valence electrons. The maximum atomic E-state index is 11.4. The van der Waals surface area contributed by atoms with Crippen LogP contribution in [0.1, 0.15) is 10.4 Å². The Morgan fingerprint density at radius 3 is 2.69 bits per heavy atom. The number of nitrogens with two attached hydrogens (primary N) is 1. The van der Waals surface area contributed by atoms with Gasteiger partial charge in [-0.3, -0.25) is 14.9 Å². The number of non-ortho nitro benzene ring substituents is 1. The number of ketones is 1. The number of nitrogens with zero attached hydrogens (tertiary/aromatic N) is 1. The van der Waals surface area contributed by atoms with Crippen LogP contribution in [0.3, 0.4) is 0 Å². The van der Waals surface area contributed by atoms with Gasteiger partial charge in [-0.05, 0) is 0 Å². The number of hydrogen-bond acceptors (Lipinski definition) is 5. The molecule has 0 atom stereocenters. The summed E-state index contributed by atoms with van der Waals surface area (Å²) < 4.78 is 4.91. The number of nitro groups is 1. The zero-order chi connectivity index (χ0) is 12.3. The number of anilines is 1. The second-order valence-corrected chi connectivity index (χ2v) is 3.20. The summed E-state index contributed by atoms with van der Waals surface area (Å²) in [5.74, 6) is -0.665. The molecule has 1 aromatic carbocycles. The molecule has 0 unspecified atom stereocenters. The topological polar surface area (TPSA) is 95.5 Å². The molecular weight excluding hydrogens is 236 g/mol. The van der Waals surface area contributed by atoms with Crippen LogP contribution < -0.4 is 10.5 Å². The SMILES string of the molecule is COc1c(N)cc([N+](=O)[O-])cc1C(=O)CCl. The molecule has 0 aromatic heterocycles. The second kappa shape index (κ2) is 4.80. The van der Waals surface area contributed by atoms with Gasteiger partial charge >= 0.3 is 0 Å². The molecule has 2 N–H and O–H groups in total. The summed E-state index contributed by atoms with van der Waals surface area (Å²) >= 11 is 5.38. The Balaban J connectivity index is 3.42. The molecule has 7 heteroatoms. The van der Waals surface area contributed by atoms with Crippen molar-refractivity contribution < 1.29 is 14.5 Å². The van der Waals surface area contributed by atoms with E-state index in [2.05, 4.69) is 0 Å². The van der Waals surface area contributed by atoms with E-state index in [-0.39, 0.29) is 28.6 Å². The van der Waals surface area contributed by atoms with E-state index in [9.17, 15) is 14.9 Å². The molecule has 0 saturated carbocycles. The van der Waals surface area contributed by atoms with Crippen LogP contribution in [-0.2, 0) is 0 Å². The molecule has 6 nitrogen and oxygen atoms in total. The van der Waals surface area contributed by atoms with Gasteiger partial charge in [0.2, 0.25) is 0 Å². The maximum Gasteiger partial charge on any atom is 0.272 e. The van der Waals surface area contributed by atoms with Crippen LogP contribution in [0.4, 0.5) is 11.4 Å². The van der Waals surface area contributed by atoms with Gasteiger partial charge < -0.3 is 10.5 Å². The predicted molar refractivity (Wildman–Crippen MR) is 59.1 cm³/mol. The van der Waals surface area contributed by atoms with Crippen molar-refractivity contribution in [2.75, 3.05) is 18.7 Å². The number of benzene rings is 1.